The summed E-state index contributed by atoms with van der Waals surface area (Å²) >= 11 is 3.41. The Bertz CT molecular complexity index is 1020. The molecule has 0 bridgehead atoms. The second-order valence-corrected chi connectivity index (χ2v) is 6.53. The van der Waals surface area contributed by atoms with Crippen molar-refractivity contribution in [1.82, 2.24) is 19.7 Å². The molecule has 0 aliphatic rings. The van der Waals surface area contributed by atoms with Gasteiger partial charge in [0.2, 0.25) is 0 Å². The van der Waals surface area contributed by atoms with Gasteiger partial charge in [-0.15, -0.1) is 16.8 Å². The number of nitrogens with zero attached hydrogens (tertiary/aromatic N) is 4. The number of para-hydroxylation sites is 1. The maximum Gasteiger partial charge on any atom is 0.260 e. The number of halogens is 1. The van der Waals surface area contributed by atoms with Gasteiger partial charge in [-0.25, -0.2) is 4.98 Å². The van der Waals surface area contributed by atoms with E-state index in [0.717, 1.165) is 0 Å². The molecule has 1 aromatic carbocycles. The van der Waals surface area contributed by atoms with Crippen LogP contribution in [0.4, 0.5) is 5.82 Å². The second-order valence-electron chi connectivity index (χ2n) is 5.67. The smallest absolute Gasteiger partial charge is 0.260 e. The summed E-state index contributed by atoms with van der Waals surface area (Å²) in [6.45, 7) is 8.20. The molecule has 142 valence electrons. The Hall–Kier alpha value is -3.26. The third-order valence-electron chi connectivity index (χ3n) is 3.72. The van der Waals surface area contributed by atoms with Crippen molar-refractivity contribution in [3.05, 3.63) is 78.1 Å². The predicted octanol–water partition coefficient (Wildman–Crippen LogP) is 4.11. The third-order valence-corrected chi connectivity index (χ3v) is 4.34. The van der Waals surface area contributed by atoms with Gasteiger partial charge in [0.15, 0.2) is 5.82 Å². The van der Waals surface area contributed by atoms with E-state index in [9.17, 15) is 4.79 Å². The Kier molecular flexibility index (Phi) is 6.33. The number of amides is 1. The first kappa shape index (κ1) is 19.5. The van der Waals surface area contributed by atoms with Crippen LogP contribution in [0.15, 0.2) is 72.5 Å². The average molecular weight is 440 g/mol. The number of ether oxygens (including phenoxy) is 1. The number of rotatable bonds is 8. The van der Waals surface area contributed by atoms with E-state index in [1.54, 1.807) is 54.9 Å². The maximum absolute atomic E-state index is 12.8. The largest absolute Gasteiger partial charge is 0.488 e. The van der Waals surface area contributed by atoms with Gasteiger partial charge in [0, 0.05) is 6.54 Å². The molecule has 2 heterocycles. The lowest BCUT2D eigenvalue weighted by molar-refractivity contribution is 0.102. The zero-order valence-corrected chi connectivity index (χ0v) is 16.6. The van der Waals surface area contributed by atoms with E-state index < -0.39 is 0 Å². The van der Waals surface area contributed by atoms with Crippen molar-refractivity contribution in [2.75, 3.05) is 11.9 Å². The molecular weight excluding hydrogens is 422 g/mol. The first-order chi connectivity index (χ1) is 13.6. The highest BCUT2D eigenvalue weighted by Gasteiger charge is 2.16. The van der Waals surface area contributed by atoms with Gasteiger partial charge < -0.3 is 14.6 Å². The molecule has 2 aromatic heterocycles. The summed E-state index contributed by atoms with van der Waals surface area (Å²) in [5, 5.41) is 10.8. The number of anilines is 1. The molecule has 28 heavy (non-hydrogen) atoms. The van der Waals surface area contributed by atoms with Gasteiger partial charge in [-0.1, -0.05) is 30.9 Å². The molecule has 1 N–H and O–H groups in total. The minimum absolute atomic E-state index is 0.287. The van der Waals surface area contributed by atoms with Crippen molar-refractivity contribution in [2.24, 2.45) is 0 Å². The van der Waals surface area contributed by atoms with Gasteiger partial charge in [0.1, 0.15) is 30.2 Å². The summed E-state index contributed by atoms with van der Waals surface area (Å²) in [5.74, 6) is 1.10. The number of aromatic nitrogens is 4. The van der Waals surface area contributed by atoms with Crippen molar-refractivity contribution >= 4 is 27.7 Å². The van der Waals surface area contributed by atoms with Crippen LogP contribution in [-0.2, 0) is 6.54 Å². The second kappa shape index (κ2) is 9.09. The van der Waals surface area contributed by atoms with Crippen molar-refractivity contribution in [2.45, 2.75) is 6.54 Å². The Balaban J connectivity index is 1.86. The van der Waals surface area contributed by atoms with Crippen LogP contribution in [0.3, 0.4) is 0 Å². The molecule has 0 fully saturated rings. The Morgan fingerprint density at radius 3 is 2.82 bits per heavy atom. The molecular formula is C20H18BrN5O2. The zero-order valence-electron chi connectivity index (χ0n) is 15.0. The minimum Gasteiger partial charge on any atom is -0.488 e. The van der Waals surface area contributed by atoms with Gasteiger partial charge in [-0.2, -0.15) is 0 Å². The first-order valence-corrected chi connectivity index (χ1v) is 9.23. The SMILES string of the molecule is C=CCOc1c(Br)cccc1C(=O)Nc1cccc(-c2nncn2CC=C)n1. The summed E-state index contributed by atoms with van der Waals surface area (Å²) in [7, 11) is 0. The van der Waals surface area contributed by atoms with Gasteiger partial charge in [-0.05, 0) is 40.2 Å². The van der Waals surface area contributed by atoms with Gasteiger partial charge in [0.25, 0.3) is 5.91 Å². The molecule has 3 rings (SSSR count). The van der Waals surface area contributed by atoms with E-state index in [1.165, 1.54) is 0 Å². The van der Waals surface area contributed by atoms with E-state index in [1.807, 2.05) is 4.57 Å². The number of benzene rings is 1. The average Bonchev–Trinajstić information content (AvgIpc) is 3.16. The van der Waals surface area contributed by atoms with Gasteiger partial charge in [-0.3, -0.25) is 4.79 Å². The fourth-order valence-electron chi connectivity index (χ4n) is 2.52. The molecule has 0 spiro atoms. The number of carbonyl (C=O) groups excluding carboxylic acids is 1. The fraction of sp³-hybridized carbons (Fsp3) is 0.100. The molecule has 0 saturated carbocycles. The molecule has 0 aliphatic heterocycles. The number of nitrogens with one attached hydrogen (secondary N) is 1. The Labute approximate surface area is 170 Å². The zero-order chi connectivity index (χ0) is 19.9. The number of hydrogen-bond acceptors (Lipinski definition) is 5. The van der Waals surface area contributed by atoms with Crippen LogP contribution in [-0.4, -0.2) is 32.3 Å². The number of hydrogen-bond donors (Lipinski definition) is 1. The minimum atomic E-state index is -0.336. The van der Waals surface area contributed by atoms with Crippen LogP contribution in [0, 0.1) is 0 Å². The Morgan fingerprint density at radius 1 is 1.21 bits per heavy atom. The lowest BCUT2D eigenvalue weighted by Crippen LogP contribution is -2.15. The van der Waals surface area contributed by atoms with Gasteiger partial charge in [0.05, 0.1) is 10.0 Å². The Morgan fingerprint density at radius 2 is 2.04 bits per heavy atom. The summed E-state index contributed by atoms with van der Waals surface area (Å²) in [4.78, 5) is 17.3. The third kappa shape index (κ3) is 4.34. The fourth-order valence-corrected chi connectivity index (χ4v) is 3.00. The molecule has 0 unspecified atom stereocenters. The van der Waals surface area contributed by atoms with Crippen molar-refractivity contribution in [3.8, 4) is 17.3 Å². The van der Waals surface area contributed by atoms with E-state index >= 15 is 0 Å². The summed E-state index contributed by atoms with van der Waals surface area (Å²) < 4.78 is 8.12. The summed E-state index contributed by atoms with van der Waals surface area (Å²) in [6, 6.07) is 10.6. The van der Waals surface area contributed by atoms with Crippen LogP contribution in [0.1, 0.15) is 10.4 Å². The normalized spacial score (nSPS) is 10.3. The van der Waals surface area contributed by atoms with Crippen molar-refractivity contribution in [3.63, 3.8) is 0 Å². The predicted molar refractivity (Wildman–Crippen MR) is 111 cm³/mol. The van der Waals surface area contributed by atoms with Gasteiger partial charge >= 0.3 is 0 Å². The number of pyridine rings is 1. The highest BCUT2D eigenvalue weighted by atomic mass is 79.9. The number of allylic oxidation sites excluding steroid dienone is 1. The standard InChI is InChI=1S/C20H18BrN5O2/c1-3-11-26-13-22-25-19(26)16-9-6-10-17(23-16)24-20(27)14-7-5-8-15(21)18(14)28-12-4-2/h3-10,13H,1-2,11-12H2,(H,23,24,27). The van der Waals surface area contributed by atoms with Crippen LogP contribution in [0.25, 0.3) is 11.5 Å². The van der Waals surface area contributed by atoms with Crippen LogP contribution < -0.4 is 10.1 Å². The molecule has 8 heteroatoms. The number of carbonyl (C=O) groups is 1. The molecule has 0 radical (unpaired) electrons. The van der Waals surface area contributed by atoms with E-state index in [2.05, 4.69) is 49.6 Å². The lowest BCUT2D eigenvalue weighted by atomic mass is 10.2. The molecule has 7 nitrogen and oxygen atoms in total. The highest BCUT2D eigenvalue weighted by Crippen LogP contribution is 2.30. The lowest BCUT2D eigenvalue weighted by Gasteiger charge is -2.12. The highest BCUT2D eigenvalue weighted by molar-refractivity contribution is 9.10. The monoisotopic (exact) mass is 439 g/mol. The van der Waals surface area contributed by atoms with Crippen LogP contribution in [0.2, 0.25) is 0 Å². The van der Waals surface area contributed by atoms with Crippen LogP contribution in [0.5, 0.6) is 5.75 Å². The molecule has 0 saturated heterocycles. The quantitative estimate of drug-likeness (QED) is 0.534. The maximum atomic E-state index is 12.8. The van der Waals surface area contributed by atoms with E-state index in [0.29, 0.717) is 39.7 Å². The molecule has 3 aromatic rings. The first-order valence-electron chi connectivity index (χ1n) is 8.43. The summed E-state index contributed by atoms with van der Waals surface area (Å²) in [5.41, 5.74) is 0.979. The van der Waals surface area contributed by atoms with E-state index in [-0.39, 0.29) is 12.5 Å². The van der Waals surface area contributed by atoms with Crippen molar-refractivity contribution < 1.29 is 9.53 Å². The molecule has 0 atom stereocenters. The van der Waals surface area contributed by atoms with E-state index in [4.69, 9.17) is 4.74 Å². The topological polar surface area (TPSA) is 81.9 Å². The van der Waals surface area contributed by atoms with Crippen molar-refractivity contribution in [1.29, 1.82) is 0 Å². The van der Waals surface area contributed by atoms with Crippen LogP contribution >= 0.6 is 15.9 Å². The molecule has 1 amide bonds. The molecule has 0 aliphatic carbocycles. The summed E-state index contributed by atoms with van der Waals surface area (Å²) in [6.07, 6.45) is 4.97.